The highest BCUT2D eigenvalue weighted by molar-refractivity contribution is 6.30. The number of esters is 1. The first-order valence-corrected chi connectivity index (χ1v) is 9.26. The first kappa shape index (κ1) is 19.7. The number of rotatable bonds is 8. The molecule has 3 rings (SSSR count). The van der Waals surface area contributed by atoms with Gasteiger partial charge in [-0.1, -0.05) is 54.1 Å². The van der Waals surface area contributed by atoms with E-state index in [2.05, 4.69) is 5.32 Å². The summed E-state index contributed by atoms with van der Waals surface area (Å²) in [5.41, 5.74) is 1.02. The molecule has 0 aliphatic rings. The Kier molecular flexibility index (Phi) is 6.87. The summed E-state index contributed by atoms with van der Waals surface area (Å²) in [6.07, 6.45) is 0.644. The Balaban J connectivity index is 1.35. The third-order valence-corrected chi connectivity index (χ3v) is 4.30. The van der Waals surface area contributed by atoms with E-state index < -0.39 is 5.97 Å². The summed E-state index contributed by atoms with van der Waals surface area (Å²) in [6, 6.07) is 20.9. The maximum atomic E-state index is 11.8. The second-order valence-corrected chi connectivity index (χ2v) is 6.62. The second kappa shape index (κ2) is 9.76. The van der Waals surface area contributed by atoms with E-state index in [1.165, 1.54) is 0 Å². The van der Waals surface area contributed by atoms with Crippen molar-refractivity contribution in [3.8, 4) is 5.75 Å². The Morgan fingerprint density at radius 3 is 2.54 bits per heavy atom. The van der Waals surface area contributed by atoms with Crippen molar-refractivity contribution in [1.29, 1.82) is 0 Å². The van der Waals surface area contributed by atoms with Gasteiger partial charge in [-0.15, -0.1) is 0 Å². The number of hydrogen-bond acceptors (Lipinski definition) is 4. The van der Waals surface area contributed by atoms with Crippen LogP contribution in [0, 0.1) is 0 Å². The van der Waals surface area contributed by atoms with Gasteiger partial charge in [-0.2, -0.15) is 0 Å². The van der Waals surface area contributed by atoms with Crippen LogP contribution in [-0.2, 0) is 20.7 Å². The van der Waals surface area contributed by atoms with Crippen molar-refractivity contribution >= 4 is 34.2 Å². The standard InChI is InChI=1S/C22H20ClNO4/c23-19-7-3-4-16(12-19)10-11-24-21(25)14-28-22(26)15-27-20-9-8-17-5-1-2-6-18(17)13-20/h1-9,12-13H,10-11,14-15H2,(H,24,25). The maximum absolute atomic E-state index is 11.8. The summed E-state index contributed by atoms with van der Waals surface area (Å²) in [7, 11) is 0. The summed E-state index contributed by atoms with van der Waals surface area (Å²) in [4.78, 5) is 23.5. The molecule has 0 atom stereocenters. The lowest BCUT2D eigenvalue weighted by Gasteiger charge is -2.09. The Hall–Kier alpha value is -3.05. The van der Waals surface area contributed by atoms with E-state index in [9.17, 15) is 9.59 Å². The van der Waals surface area contributed by atoms with Gasteiger partial charge in [-0.05, 0) is 47.0 Å². The summed E-state index contributed by atoms with van der Waals surface area (Å²) in [5.74, 6) is -0.388. The van der Waals surface area contributed by atoms with Crippen LogP contribution in [0.3, 0.4) is 0 Å². The number of amides is 1. The fourth-order valence-corrected chi connectivity index (χ4v) is 2.89. The van der Waals surface area contributed by atoms with Crippen LogP contribution >= 0.6 is 11.6 Å². The van der Waals surface area contributed by atoms with Gasteiger partial charge in [0.15, 0.2) is 13.2 Å². The summed E-state index contributed by atoms with van der Waals surface area (Å²) >= 11 is 5.92. The molecule has 1 N–H and O–H groups in total. The monoisotopic (exact) mass is 397 g/mol. The van der Waals surface area contributed by atoms with Gasteiger partial charge >= 0.3 is 5.97 Å². The van der Waals surface area contributed by atoms with E-state index in [0.29, 0.717) is 23.7 Å². The minimum Gasteiger partial charge on any atom is -0.482 e. The molecule has 6 heteroatoms. The predicted molar refractivity (Wildman–Crippen MR) is 109 cm³/mol. The van der Waals surface area contributed by atoms with Crippen LogP contribution < -0.4 is 10.1 Å². The van der Waals surface area contributed by atoms with Crippen molar-refractivity contribution in [2.75, 3.05) is 19.8 Å². The van der Waals surface area contributed by atoms with Gasteiger partial charge in [0, 0.05) is 11.6 Å². The van der Waals surface area contributed by atoms with Gasteiger partial charge in [0.25, 0.3) is 5.91 Å². The molecule has 5 nitrogen and oxygen atoms in total. The Bertz CT molecular complexity index is 973. The van der Waals surface area contributed by atoms with E-state index in [1.807, 2.05) is 54.6 Å². The van der Waals surface area contributed by atoms with Gasteiger partial charge in [0.1, 0.15) is 5.75 Å². The average Bonchev–Trinajstić information content (AvgIpc) is 2.70. The normalized spacial score (nSPS) is 10.5. The largest absolute Gasteiger partial charge is 0.482 e. The van der Waals surface area contributed by atoms with E-state index in [0.717, 1.165) is 16.3 Å². The molecule has 0 radical (unpaired) electrons. The molecule has 0 heterocycles. The Labute approximate surface area is 168 Å². The number of halogens is 1. The molecule has 1 amide bonds. The molecule has 0 aromatic heterocycles. The van der Waals surface area contributed by atoms with Crippen molar-refractivity contribution < 1.29 is 19.1 Å². The zero-order valence-electron chi connectivity index (χ0n) is 15.2. The molecule has 0 saturated carbocycles. The molecule has 0 aliphatic carbocycles. The first-order valence-electron chi connectivity index (χ1n) is 8.88. The Morgan fingerprint density at radius 1 is 0.893 bits per heavy atom. The van der Waals surface area contributed by atoms with Gasteiger partial charge in [0.2, 0.25) is 0 Å². The molecular formula is C22H20ClNO4. The Morgan fingerprint density at radius 2 is 1.71 bits per heavy atom. The zero-order valence-corrected chi connectivity index (χ0v) is 15.9. The molecule has 28 heavy (non-hydrogen) atoms. The molecule has 0 saturated heterocycles. The number of ether oxygens (including phenoxy) is 2. The van der Waals surface area contributed by atoms with Crippen LogP contribution in [0.2, 0.25) is 5.02 Å². The van der Waals surface area contributed by atoms with E-state index in [1.54, 1.807) is 12.1 Å². The number of nitrogens with one attached hydrogen (secondary N) is 1. The molecule has 0 unspecified atom stereocenters. The topological polar surface area (TPSA) is 64.6 Å². The average molecular weight is 398 g/mol. The van der Waals surface area contributed by atoms with E-state index in [4.69, 9.17) is 21.1 Å². The summed E-state index contributed by atoms with van der Waals surface area (Å²) < 4.78 is 10.4. The van der Waals surface area contributed by atoms with Crippen LogP contribution in [-0.4, -0.2) is 31.6 Å². The van der Waals surface area contributed by atoms with E-state index >= 15 is 0 Å². The molecule has 144 valence electrons. The number of hydrogen-bond donors (Lipinski definition) is 1. The summed E-state index contributed by atoms with van der Waals surface area (Å²) in [5, 5.41) is 5.47. The minimum absolute atomic E-state index is 0.256. The molecule has 0 aliphatic heterocycles. The highest BCUT2D eigenvalue weighted by Crippen LogP contribution is 2.20. The smallest absolute Gasteiger partial charge is 0.344 e. The highest BCUT2D eigenvalue weighted by atomic mass is 35.5. The van der Waals surface area contributed by atoms with Gasteiger partial charge in [0.05, 0.1) is 0 Å². The lowest BCUT2D eigenvalue weighted by molar-refractivity contribution is -0.150. The third kappa shape index (κ3) is 5.99. The van der Waals surface area contributed by atoms with E-state index in [-0.39, 0.29) is 19.1 Å². The molecular weight excluding hydrogens is 378 g/mol. The van der Waals surface area contributed by atoms with Crippen LogP contribution in [0.4, 0.5) is 0 Å². The molecule has 3 aromatic rings. The predicted octanol–water partition coefficient (Wildman–Crippen LogP) is 3.77. The quantitative estimate of drug-likeness (QED) is 0.587. The van der Waals surface area contributed by atoms with Crippen molar-refractivity contribution in [2.24, 2.45) is 0 Å². The van der Waals surface area contributed by atoms with Crippen molar-refractivity contribution in [2.45, 2.75) is 6.42 Å². The SMILES string of the molecule is O=C(COC(=O)COc1ccc2ccccc2c1)NCCc1cccc(Cl)c1. The fraction of sp³-hybridized carbons (Fsp3) is 0.182. The lowest BCUT2D eigenvalue weighted by atomic mass is 10.1. The lowest BCUT2D eigenvalue weighted by Crippen LogP contribution is -2.31. The van der Waals surface area contributed by atoms with Crippen LogP contribution in [0.25, 0.3) is 10.8 Å². The number of fused-ring (bicyclic) bond motifs is 1. The number of carbonyl (C=O) groups is 2. The van der Waals surface area contributed by atoms with Crippen LogP contribution in [0.1, 0.15) is 5.56 Å². The first-order chi connectivity index (χ1) is 13.6. The molecule has 0 bridgehead atoms. The summed E-state index contributed by atoms with van der Waals surface area (Å²) in [6.45, 7) is -0.159. The highest BCUT2D eigenvalue weighted by Gasteiger charge is 2.08. The van der Waals surface area contributed by atoms with Gasteiger partial charge < -0.3 is 14.8 Å². The van der Waals surface area contributed by atoms with Crippen molar-refractivity contribution in [3.63, 3.8) is 0 Å². The van der Waals surface area contributed by atoms with Crippen LogP contribution in [0.15, 0.2) is 66.7 Å². The third-order valence-electron chi connectivity index (χ3n) is 4.07. The molecule has 0 fully saturated rings. The zero-order chi connectivity index (χ0) is 19.8. The number of carbonyl (C=O) groups excluding carboxylic acids is 2. The van der Waals surface area contributed by atoms with Crippen molar-refractivity contribution in [3.05, 3.63) is 77.3 Å². The van der Waals surface area contributed by atoms with Crippen molar-refractivity contribution in [1.82, 2.24) is 5.32 Å². The minimum atomic E-state index is -0.599. The van der Waals surface area contributed by atoms with Gasteiger partial charge in [-0.3, -0.25) is 4.79 Å². The van der Waals surface area contributed by atoms with Crippen LogP contribution in [0.5, 0.6) is 5.75 Å². The van der Waals surface area contributed by atoms with Gasteiger partial charge in [-0.25, -0.2) is 4.79 Å². The fourth-order valence-electron chi connectivity index (χ4n) is 2.68. The number of benzene rings is 3. The maximum Gasteiger partial charge on any atom is 0.344 e. The second-order valence-electron chi connectivity index (χ2n) is 6.19. The molecule has 0 spiro atoms. The molecule has 3 aromatic carbocycles.